The standard InChI is InChI=1S/C13H13FN2OS/c1-3-8-16-12(17)9(2)18-13(16)15-11-6-4-10(14)5-7-11/h3-7,9H,1,8H2,2H3. The van der Waals surface area contributed by atoms with Crippen molar-refractivity contribution in [3.63, 3.8) is 0 Å². The first-order valence-corrected chi connectivity index (χ1v) is 6.43. The van der Waals surface area contributed by atoms with Gasteiger partial charge in [-0.15, -0.1) is 6.58 Å². The number of rotatable bonds is 3. The Kier molecular flexibility index (Phi) is 3.81. The van der Waals surface area contributed by atoms with E-state index in [9.17, 15) is 9.18 Å². The number of carbonyl (C=O) groups excluding carboxylic acids is 1. The fourth-order valence-electron chi connectivity index (χ4n) is 1.60. The summed E-state index contributed by atoms with van der Waals surface area (Å²) in [6.45, 7) is 5.91. The van der Waals surface area contributed by atoms with Crippen molar-refractivity contribution in [1.29, 1.82) is 0 Å². The number of aliphatic imine (C=N–C) groups is 1. The summed E-state index contributed by atoms with van der Waals surface area (Å²) in [6.07, 6.45) is 1.66. The average molecular weight is 264 g/mol. The van der Waals surface area contributed by atoms with Crippen molar-refractivity contribution in [1.82, 2.24) is 4.90 Å². The second kappa shape index (κ2) is 5.35. The molecule has 1 fully saturated rings. The second-order valence-corrected chi connectivity index (χ2v) is 5.18. The third-order valence-corrected chi connectivity index (χ3v) is 3.57. The predicted molar refractivity (Wildman–Crippen MR) is 72.5 cm³/mol. The molecule has 0 bridgehead atoms. The summed E-state index contributed by atoms with van der Waals surface area (Å²) in [4.78, 5) is 17.8. The largest absolute Gasteiger partial charge is 0.286 e. The van der Waals surface area contributed by atoms with Crippen LogP contribution in [-0.4, -0.2) is 27.8 Å². The molecule has 1 amide bonds. The molecule has 1 aromatic carbocycles. The van der Waals surface area contributed by atoms with Gasteiger partial charge in [-0.05, 0) is 31.2 Å². The van der Waals surface area contributed by atoms with E-state index in [0.29, 0.717) is 17.4 Å². The van der Waals surface area contributed by atoms with E-state index in [4.69, 9.17) is 0 Å². The number of amides is 1. The molecule has 0 spiro atoms. The summed E-state index contributed by atoms with van der Waals surface area (Å²) in [5.41, 5.74) is 0.634. The summed E-state index contributed by atoms with van der Waals surface area (Å²) in [5.74, 6) is -0.272. The van der Waals surface area contributed by atoms with E-state index in [-0.39, 0.29) is 17.0 Å². The molecule has 0 saturated carbocycles. The van der Waals surface area contributed by atoms with Gasteiger partial charge in [-0.25, -0.2) is 9.38 Å². The van der Waals surface area contributed by atoms with Crippen LogP contribution in [0.25, 0.3) is 0 Å². The smallest absolute Gasteiger partial charge is 0.242 e. The molecule has 18 heavy (non-hydrogen) atoms. The Morgan fingerprint density at radius 3 is 2.78 bits per heavy atom. The highest BCUT2D eigenvalue weighted by molar-refractivity contribution is 8.15. The maximum absolute atomic E-state index is 12.8. The van der Waals surface area contributed by atoms with Gasteiger partial charge in [0, 0.05) is 6.54 Å². The first kappa shape index (κ1) is 12.8. The lowest BCUT2D eigenvalue weighted by atomic mass is 10.3. The van der Waals surface area contributed by atoms with Crippen molar-refractivity contribution in [2.24, 2.45) is 4.99 Å². The Labute approximate surface area is 109 Å². The molecule has 0 N–H and O–H groups in total. The van der Waals surface area contributed by atoms with Gasteiger partial charge >= 0.3 is 0 Å². The highest BCUT2D eigenvalue weighted by atomic mass is 32.2. The monoisotopic (exact) mass is 264 g/mol. The summed E-state index contributed by atoms with van der Waals surface area (Å²) < 4.78 is 12.8. The molecule has 94 valence electrons. The number of thioether (sulfide) groups is 1. The van der Waals surface area contributed by atoms with Crippen LogP contribution >= 0.6 is 11.8 Å². The van der Waals surface area contributed by atoms with E-state index in [1.54, 1.807) is 23.1 Å². The Hall–Kier alpha value is -1.62. The Morgan fingerprint density at radius 2 is 2.17 bits per heavy atom. The minimum atomic E-state index is -0.301. The third-order valence-electron chi connectivity index (χ3n) is 2.49. The fraction of sp³-hybridized carbons (Fsp3) is 0.231. The molecule has 1 atom stereocenters. The van der Waals surface area contributed by atoms with Gasteiger partial charge in [0.2, 0.25) is 5.91 Å². The molecule has 0 aromatic heterocycles. The summed E-state index contributed by atoms with van der Waals surface area (Å²) in [6, 6.07) is 5.87. The van der Waals surface area contributed by atoms with Crippen molar-refractivity contribution in [3.05, 3.63) is 42.7 Å². The highest BCUT2D eigenvalue weighted by Gasteiger charge is 2.33. The van der Waals surface area contributed by atoms with Gasteiger partial charge in [-0.1, -0.05) is 17.8 Å². The van der Waals surface area contributed by atoms with Crippen LogP contribution in [0.2, 0.25) is 0 Å². The number of hydrogen-bond acceptors (Lipinski definition) is 3. The van der Waals surface area contributed by atoms with Gasteiger partial charge in [-0.3, -0.25) is 9.69 Å². The molecule has 3 nitrogen and oxygen atoms in total. The van der Waals surface area contributed by atoms with Gasteiger partial charge in [-0.2, -0.15) is 0 Å². The van der Waals surface area contributed by atoms with Crippen molar-refractivity contribution in [3.8, 4) is 0 Å². The predicted octanol–water partition coefficient (Wildman–Crippen LogP) is 2.96. The van der Waals surface area contributed by atoms with Crippen LogP contribution in [0.5, 0.6) is 0 Å². The average Bonchev–Trinajstić information content (AvgIpc) is 2.61. The molecule has 2 rings (SSSR count). The number of amidine groups is 1. The molecular formula is C13H13FN2OS. The number of halogens is 1. The lowest BCUT2D eigenvalue weighted by Gasteiger charge is -2.13. The molecular weight excluding hydrogens is 251 g/mol. The zero-order valence-corrected chi connectivity index (χ0v) is 10.8. The summed E-state index contributed by atoms with van der Waals surface area (Å²) >= 11 is 1.41. The molecule has 0 aliphatic carbocycles. The quantitative estimate of drug-likeness (QED) is 0.786. The molecule has 1 saturated heterocycles. The zero-order valence-electron chi connectivity index (χ0n) is 9.97. The topological polar surface area (TPSA) is 32.7 Å². The number of nitrogens with zero attached hydrogens (tertiary/aromatic N) is 2. The van der Waals surface area contributed by atoms with Crippen LogP contribution in [0.15, 0.2) is 41.9 Å². The first-order chi connectivity index (χ1) is 8.61. The van der Waals surface area contributed by atoms with Crippen molar-refractivity contribution < 1.29 is 9.18 Å². The molecule has 5 heteroatoms. The van der Waals surface area contributed by atoms with E-state index in [1.807, 2.05) is 6.92 Å². The third kappa shape index (κ3) is 2.61. The SMILES string of the molecule is C=CCN1C(=O)C(C)SC1=Nc1ccc(F)cc1. The van der Waals surface area contributed by atoms with Crippen LogP contribution < -0.4 is 0 Å². The van der Waals surface area contributed by atoms with Gasteiger partial charge in [0.05, 0.1) is 10.9 Å². The van der Waals surface area contributed by atoms with Crippen LogP contribution in [0, 0.1) is 5.82 Å². The lowest BCUT2D eigenvalue weighted by Crippen LogP contribution is -2.31. The van der Waals surface area contributed by atoms with E-state index >= 15 is 0 Å². The normalized spacial score (nSPS) is 21.7. The van der Waals surface area contributed by atoms with Crippen molar-refractivity contribution in [2.75, 3.05) is 6.54 Å². The Bertz CT molecular complexity index is 498. The minimum absolute atomic E-state index is 0.0285. The second-order valence-electron chi connectivity index (χ2n) is 3.87. The molecule has 1 heterocycles. The molecule has 1 aromatic rings. The minimum Gasteiger partial charge on any atom is -0.286 e. The first-order valence-electron chi connectivity index (χ1n) is 5.55. The van der Waals surface area contributed by atoms with Gasteiger partial charge < -0.3 is 0 Å². The van der Waals surface area contributed by atoms with Crippen molar-refractivity contribution >= 4 is 28.5 Å². The van der Waals surface area contributed by atoms with Gasteiger partial charge in [0.15, 0.2) is 5.17 Å². The van der Waals surface area contributed by atoms with Crippen LogP contribution in [0.3, 0.4) is 0 Å². The van der Waals surface area contributed by atoms with E-state index < -0.39 is 0 Å². The number of carbonyl (C=O) groups is 1. The Balaban J connectivity index is 2.28. The molecule has 1 aliphatic heterocycles. The van der Waals surface area contributed by atoms with Gasteiger partial charge in [0.1, 0.15) is 5.82 Å². The van der Waals surface area contributed by atoms with E-state index in [1.165, 1.54) is 23.9 Å². The van der Waals surface area contributed by atoms with E-state index in [2.05, 4.69) is 11.6 Å². The zero-order chi connectivity index (χ0) is 13.1. The van der Waals surface area contributed by atoms with Gasteiger partial charge in [0.25, 0.3) is 0 Å². The number of benzene rings is 1. The fourth-order valence-corrected chi connectivity index (χ4v) is 2.59. The van der Waals surface area contributed by atoms with Crippen molar-refractivity contribution in [2.45, 2.75) is 12.2 Å². The van der Waals surface area contributed by atoms with Crippen LogP contribution in [0.4, 0.5) is 10.1 Å². The summed E-state index contributed by atoms with van der Waals surface area (Å²) in [7, 11) is 0. The number of hydrogen-bond donors (Lipinski definition) is 0. The van der Waals surface area contributed by atoms with Crippen LogP contribution in [-0.2, 0) is 4.79 Å². The van der Waals surface area contributed by atoms with E-state index in [0.717, 1.165) is 0 Å². The molecule has 1 aliphatic rings. The maximum Gasteiger partial charge on any atom is 0.242 e. The van der Waals surface area contributed by atoms with Crippen LogP contribution in [0.1, 0.15) is 6.92 Å². The molecule has 0 radical (unpaired) electrons. The highest BCUT2D eigenvalue weighted by Crippen LogP contribution is 2.29. The summed E-state index contributed by atoms with van der Waals surface area (Å²) in [5, 5.41) is 0.503. The lowest BCUT2D eigenvalue weighted by molar-refractivity contribution is -0.125. The Morgan fingerprint density at radius 1 is 1.50 bits per heavy atom. The molecule has 1 unspecified atom stereocenters. The maximum atomic E-state index is 12.8.